The first-order valence-electron chi connectivity index (χ1n) is 8.20. The van der Waals surface area contributed by atoms with Gasteiger partial charge in [0.05, 0.1) is 15.7 Å². The first-order chi connectivity index (χ1) is 12.2. The summed E-state index contributed by atoms with van der Waals surface area (Å²) in [5.41, 5.74) is 5.81. The SMILES string of the molecule is CCn1nc(-c2ccccc2)c2c(Cl)cc(Cl)c-2c1-c1ccccc1. The van der Waals surface area contributed by atoms with Crippen molar-refractivity contribution in [1.29, 1.82) is 0 Å². The minimum Gasteiger partial charge on any atom is -0.264 e. The van der Waals surface area contributed by atoms with Gasteiger partial charge in [-0.05, 0) is 13.0 Å². The lowest BCUT2D eigenvalue weighted by molar-refractivity contribution is 0.653. The maximum Gasteiger partial charge on any atom is 0.100 e. The van der Waals surface area contributed by atoms with Crippen LogP contribution in [0.1, 0.15) is 6.92 Å². The number of hydrogen-bond donors (Lipinski definition) is 0. The maximum atomic E-state index is 6.60. The second-order valence-electron chi connectivity index (χ2n) is 5.84. The maximum absolute atomic E-state index is 6.60. The third-order valence-electron chi connectivity index (χ3n) is 4.33. The van der Waals surface area contributed by atoms with Gasteiger partial charge in [0.2, 0.25) is 0 Å². The van der Waals surface area contributed by atoms with Gasteiger partial charge in [0, 0.05) is 28.8 Å². The number of halogens is 2. The molecule has 0 saturated heterocycles. The van der Waals surface area contributed by atoms with Crippen LogP contribution in [0.15, 0.2) is 66.7 Å². The predicted molar refractivity (Wildman–Crippen MR) is 105 cm³/mol. The average molecular weight is 367 g/mol. The van der Waals surface area contributed by atoms with E-state index in [0.29, 0.717) is 10.0 Å². The molecule has 124 valence electrons. The molecule has 2 aliphatic rings. The molecule has 4 rings (SSSR count). The molecule has 0 N–H and O–H groups in total. The highest BCUT2D eigenvalue weighted by molar-refractivity contribution is 6.41. The first kappa shape index (κ1) is 16.2. The fourth-order valence-electron chi connectivity index (χ4n) is 3.22. The smallest absolute Gasteiger partial charge is 0.100 e. The second kappa shape index (κ2) is 6.55. The molecule has 4 heteroatoms. The molecule has 1 aliphatic carbocycles. The molecule has 0 unspecified atom stereocenters. The van der Waals surface area contributed by atoms with E-state index in [-0.39, 0.29) is 0 Å². The molecule has 0 amide bonds. The molecule has 0 atom stereocenters. The van der Waals surface area contributed by atoms with Crippen LogP contribution in [-0.2, 0) is 6.54 Å². The fraction of sp³-hybridized carbons (Fsp3) is 0.0952. The number of aromatic nitrogens is 2. The molecule has 0 fully saturated rings. The Balaban J connectivity index is 2.11. The highest BCUT2D eigenvalue weighted by Gasteiger charge is 2.26. The molecule has 2 aromatic carbocycles. The van der Waals surface area contributed by atoms with Gasteiger partial charge in [-0.15, -0.1) is 0 Å². The molecular formula is C21H16Cl2N2. The Morgan fingerprint density at radius 3 is 1.96 bits per heavy atom. The summed E-state index contributed by atoms with van der Waals surface area (Å²) in [5, 5.41) is 6.20. The Morgan fingerprint density at radius 1 is 0.800 bits per heavy atom. The number of rotatable bonds is 3. The Bertz CT molecular complexity index is 992. The second-order valence-corrected chi connectivity index (χ2v) is 6.65. The van der Waals surface area contributed by atoms with Crippen LogP contribution in [0.3, 0.4) is 0 Å². The lowest BCUT2D eigenvalue weighted by atomic mass is 9.98. The molecule has 0 radical (unpaired) electrons. The summed E-state index contributed by atoms with van der Waals surface area (Å²) in [6.07, 6.45) is 0. The molecule has 2 nitrogen and oxygen atoms in total. The summed E-state index contributed by atoms with van der Waals surface area (Å²) in [7, 11) is 0. The third-order valence-corrected chi connectivity index (χ3v) is 4.92. The van der Waals surface area contributed by atoms with Crippen LogP contribution in [0.5, 0.6) is 0 Å². The van der Waals surface area contributed by atoms with Gasteiger partial charge in [0.25, 0.3) is 0 Å². The average Bonchev–Trinajstić information content (AvgIpc) is 2.96. The summed E-state index contributed by atoms with van der Waals surface area (Å²) in [6, 6.07) is 22.1. The van der Waals surface area contributed by atoms with Crippen LogP contribution in [0.2, 0.25) is 10.0 Å². The molecule has 2 aromatic rings. The van der Waals surface area contributed by atoms with Gasteiger partial charge in [0.15, 0.2) is 0 Å². The van der Waals surface area contributed by atoms with Crippen molar-refractivity contribution in [3.63, 3.8) is 0 Å². The fourth-order valence-corrected chi connectivity index (χ4v) is 3.87. The van der Waals surface area contributed by atoms with Crippen molar-refractivity contribution < 1.29 is 0 Å². The number of benzene rings is 2. The Labute approximate surface area is 157 Å². The summed E-state index contributed by atoms with van der Waals surface area (Å²) >= 11 is 13.1. The van der Waals surface area contributed by atoms with E-state index in [1.807, 2.05) is 59.3 Å². The van der Waals surface area contributed by atoms with Crippen molar-refractivity contribution in [2.45, 2.75) is 13.5 Å². The number of fused-ring (bicyclic) bond motifs is 1. The van der Waals surface area contributed by atoms with Gasteiger partial charge < -0.3 is 0 Å². The number of hydrogen-bond acceptors (Lipinski definition) is 1. The Morgan fingerprint density at radius 2 is 1.36 bits per heavy atom. The molecule has 0 saturated carbocycles. The summed E-state index contributed by atoms with van der Waals surface area (Å²) < 4.78 is 2.00. The van der Waals surface area contributed by atoms with Crippen molar-refractivity contribution in [2.75, 3.05) is 0 Å². The zero-order valence-electron chi connectivity index (χ0n) is 13.7. The van der Waals surface area contributed by atoms with E-state index in [2.05, 4.69) is 19.1 Å². The lowest BCUT2D eigenvalue weighted by Crippen LogP contribution is -2.10. The molecule has 25 heavy (non-hydrogen) atoms. The van der Waals surface area contributed by atoms with Crippen molar-refractivity contribution in [1.82, 2.24) is 9.78 Å². The molecule has 0 aromatic heterocycles. The molecule has 0 bridgehead atoms. The van der Waals surface area contributed by atoms with Gasteiger partial charge in [-0.2, -0.15) is 5.10 Å². The first-order valence-corrected chi connectivity index (χ1v) is 8.95. The largest absolute Gasteiger partial charge is 0.264 e. The highest BCUT2D eigenvalue weighted by atomic mass is 35.5. The van der Waals surface area contributed by atoms with E-state index in [9.17, 15) is 0 Å². The normalized spacial score (nSPS) is 11.2. The van der Waals surface area contributed by atoms with E-state index in [0.717, 1.165) is 40.2 Å². The van der Waals surface area contributed by atoms with Gasteiger partial charge >= 0.3 is 0 Å². The van der Waals surface area contributed by atoms with E-state index in [1.165, 1.54) is 0 Å². The Hall–Kier alpha value is -2.29. The third kappa shape index (κ3) is 2.72. The van der Waals surface area contributed by atoms with E-state index < -0.39 is 0 Å². The minimum atomic E-state index is 0.631. The minimum absolute atomic E-state index is 0.631. The van der Waals surface area contributed by atoms with Gasteiger partial charge in [-0.3, -0.25) is 4.68 Å². The lowest BCUT2D eigenvalue weighted by Gasteiger charge is -2.20. The number of nitrogens with zero attached hydrogens (tertiary/aromatic N) is 2. The molecule has 0 spiro atoms. The standard InChI is InChI=1S/C21H16Cl2N2/c1-2-25-21(15-11-7-4-8-12-15)19-17(23)13-16(22)18(19)20(24-25)14-9-5-3-6-10-14/h3-13H,2H2,1H3. The van der Waals surface area contributed by atoms with Crippen molar-refractivity contribution >= 4 is 23.2 Å². The number of aryl methyl sites for hydroxylation is 1. The van der Waals surface area contributed by atoms with Crippen LogP contribution in [-0.4, -0.2) is 9.78 Å². The van der Waals surface area contributed by atoms with Crippen molar-refractivity contribution in [2.24, 2.45) is 0 Å². The van der Waals surface area contributed by atoms with Gasteiger partial charge in [-0.1, -0.05) is 83.9 Å². The van der Waals surface area contributed by atoms with Gasteiger partial charge in [-0.25, -0.2) is 0 Å². The zero-order valence-corrected chi connectivity index (χ0v) is 15.2. The van der Waals surface area contributed by atoms with E-state index in [1.54, 1.807) is 0 Å². The topological polar surface area (TPSA) is 17.8 Å². The quantitative estimate of drug-likeness (QED) is 0.396. The van der Waals surface area contributed by atoms with Crippen molar-refractivity contribution in [3.8, 4) is 33.6 Å². The van der Waals surface area contributed by atoms with Crippen LogP contribution in [0, 0.1) is 0 Å². The predicted octanol–water partition coefficient (Wildman–Crippen LogP) is 6.65. The van der Waals surface area contributed by atoms with E-state index >= 15 is 0 Å². The molecule has 1 aliphatic heterocycles. The van der Waals surface area contributed by atoms with Crippen molar-refractivity contribution in [3.05, 3.63) is 76.8 Å². The molecule has 1 heterocycles. The van der Waals surface area contributed by atoms with Gasteiger partial charge in [0.1, 0.15) is 5.69 Å². The summed E-state index contributed by atoms with van der Waals surface area (Å²) in [6.45, 7) is 2.82. The van der Waals surface area contributed by atoms with E-state index in [4.69, 9.17) is 28.3 Å². The van der Waals surface area contributed by atoms with Crippen LogP contribution in [0.25, 0.3) is 33.6 Å². The summed E-state index contributed by atoms with van der Waals surface area (Å²) in [4.78, 5) is 0. The van der Waals surface area contributed by atoms with Crippen LogP contribution >= 0.6 is 23.2 Å². The monoisotopic (exact) mass is 366 g/mol. The van der Waals surface area contributed by atoms with Crippen LogP contribution in [0.4, 0.5) is 0 Å². The highest BCUT2D eigenvalue weighted by Crippen LogP contribution is 2.48. The van der Waals surface area contributed by atoms with Crippen LogP contribution < -0.4 is 0 Å². The molecular weight excluding hydrogens is 351 g/mol. The Kier molecular flexibility index (Phi) is 4.24. The zero-order chi connectivity index (χ0) is 17.4. The summed E-state index contributed by atoms with van der Waals surface area (Å²) in [5.74, 6) is 0.